The number of amides is 1. The van der Waals surface area contributed by atoms with Gasteiger partial charge < -0.3 is 19.7 Å². The highest BCUT2D eigenvalue weighted by molar-refractivity contribution is 5.97. The van der Waals surface area contributed by atoms with Gasteiger partial charge in [0.25, 0.3) is 5.91 Å². The standard InChI is InChI=1S/C17H24F2N2O3.ClH/c1-3-20-11-12-7-9-21(10-8-12)16(22)13-5-4-6-14(23-2)15(13)24-17(18)19;/h4-6,12,17,20H,3,7-11H2,1-2H3;1H. The van der Waals surface area contributed by atoms with Crippen molar-refractivity contribution in [2.24, 2.45) is 5.92 Å². The zero-order valence-corrected chi connectivity index (χ0v) is 15.3. The van der Waals surface area contributed by atoms with Crippen LogP contribution in [0, 0.1) is 5.92 Å². The van der Waals surface area contributed by atoms with Gasteiger partial charge in [-0.1, -0.05) is 13.0 Å². The number of carbonyl (C=O) groups excluding carboxylic acids is 1. The second kappa shape index (κ2) is 10.4. The molecule has 0 bridgehead atoms. The summed E-state index contributed by atoms with van der Waals surface area (Å²) in [4.78, 5) is 14.4. The first-order chi connectivity index (χ1) is 11.6. The molecule has 0 radical (unpaired) electrons. The first-order valence-corrected chi connectivity index (χ1v) is 8.18. The van der Waals surface area contributed by atoms with Crippen LogP contribution in [0.2, 0.25) is 0 Å². The third-order valence-corrected chi connectivity index (χ3v) is 4.22. The first-order valence-electron chi connectivity index (χ1n) is 8.18. The van der Waals surface area contributed by atoms with Crippen molar-refractivity contribution in [1.29, 1.82) is 0 Å². The lowest BCUT2D eigenvalue weighted by Gasteiger charge is -2.32. The van der Waals surface area contributed by atoms with Gasteiger partial charge >= 0.3 is 6.61 Å². The number of nitrogens with zero attached hydrogens (tertiary/aromatic N) is 1. The number of rotatable bonds is 7. The molecule has 0 unspecified atom stereocenters. The lowest BCUT2D eigenvalue weighted by atomic mass is 9.96. The molecule has 1 saturated heterocycles. The van der Waals surface area contributed by atoms with E-state index in [1.165, 1.54) is 19.2 Å². The minimum Gasteiger partial charge on any atom is -0.493 e. The van der Waals surface area contributed by atoms with Crippen LogP contribution in [0.25, 0.3) is 0 Å². The number of piperidine rings is 1. The third-order valence-electron chi connectivity index (χ3n) is 4.22. The van der Waals surface area contributed by atoms with E-state index in [2.05, 4.69) is 17.0 Å². The molecule has 25 heavy (non-hydrogen) atoms. The Bertz CT molecular complexity index is 553. The van der Waals surface area contributed by atoms with Crippen molar-refractivity contribution in [3.05, 3.63) is 23.8 Å². The van der Waals surface area contributed by atoms with Gasteiger partial charge in [0.2, 0.25) is 0 Å². The number of alkyl halides is 2. The number of halogens is 3. The molecule has 1 fully saturated rings. The summed E-state index contributed by atoms with van der Waals surface area (Å²) in [5.74, 6) is 0.167. The molecule has 1 aliphatic heterocycles. The van der Waals surface area contributed by atoms with Crippen LogP contribution in [0.4, 0.5) is 8.78 Å². The summed E-state index contributed by atoms with van der Waals surface area (Å²) in [6, 6.07) is 4.59. The molecule has 0 spiro atoms. The number of benzene rings is 1. The SMILES string of the molecule is CCNCC1CCN(C(=O)c2cccc(OC)c2OC(F)F)CC1.Cl. The van der Waals surface area contributed by atoms with Crippen LogP contribution in [0.15, 0.2) is 18.2 Å². The van der Waals surface area contributed by atoms with Gasteiger partial charge in [-0.05, 0) is 44.0 Å². The van der Waals surface area contributed by atoms with Crippen molar-refractivity contribution < 1.29 is 23.0 Å². The van der Waals surface area contributed by atoms with Crippen LogP contribution >= 0.6 is 12.4 Å². The fourth-order valence-electron chi connectivity index (χ4n) is 2.91. The summed E-state index contributed by atoms with van der Waals surface area (Å²) in [7, 11) is 1.36. The maximum Gasteiger partial charge on any atom is 0.387 e. The number of carbonyl (C=O) groups is 1. The smallest absolute Gasteiger partial charge is 0.387 e. The highest BCUT2D eigenvalue weighted by atomic mass is 35.5. The van der Waals surface area contributed by atoms with Crippen LogP contribution in [0.1, 0.15) is 30.1 Å². The summed E-state index contributed by atoms with van der Waals surface area (Å²) in [6.07, 6.45) is 1.79. The zero-order chi connectivity index (χ0) is 17.5. The van der Waals surface area contributed by atoms with E-state index >= 15 is 0 Å². The fourth-order valence-corrected chi connectivity index (χ4v) is 2.91. The van der Waals surface area contributed by atoms with Crippen LogP contribution in [-0.2, 0) is 0 Å². The number of nitrogens with one attached hydrogen (secondary N) is 1. The summed E-state index contributed by atoms with van der Waals surface area (Å²) < 4.78 is 35.0. The monoisotopic (exact) mass is 378 g/mol. The van der Waals surface area contributed by atoms with Crippen LogP contribution in [0.5, 0.6) is 11.5 Å². The number of ether oxygens (including phenoxy) is 2. The van der Waals surface area contributed by atoms with Crippen molar-refractivity contribution in [3.8, 4) is 11.5 Å². The molecule has 1 aromatic rings. The molecule has 1 heterocycles. The van der Waals surface area contributed by atoms with E-state index < -0.39 is 6.61 Å². The summed E-state index contributed by atoms with van der Waals surface area (Å²) in [5.41, 5.74) is 0.111. The molecule has 142 valence electrons. The normalized spacial score (nSPS) is 15.0. The summed E-state index contributed by atoms with van der Waals surface area (Å²) >= 11 is 0. The summed E-state index contributed by atoms with van der Waals surface area (Å²) in [5, 5.41) is 3.32. The van der Waals surface area contributed by atoms with E-state index in [9.17, 15) is 13.6 Å². The van der Waals surface area contributed by atoms with Crippen LogP contribution < -0.4 is 14.8 Å². The Morgan fingerprint density at radius 3 is 2.60 bits per heavy atom. The number of likely N-dealkylation sites (tertiary alicyclic amines) is 1. The minimum atomic E-state index is -3.02. The van der Waals surface area contributed by atoms with Gasteiger partial charge in [0.05, 0.1) is 12.7 Å². The molecule has 0 aromatic heterocycles. The van der Waals surface area contributed by atoms with Crippen molar-refractivity contribution in [1.82, 2.24) is 10.2 Å². The number of hydrogen-bond acceptors (Lipinski definition) is 4. The topological polar surface area (TPSA) is 50.8 Å². The zero-order valence-electron chi connectivity index (χ0n) is 14.5. The Kier molecular flexibility index (Phi) is 8.92. The average Bonchev–Trinajstić information content (AvgIpc) is 2.59. The molecule has 2 rings (SSSR count). The van der Waals surface area contributed by atoms with Crippen molar-refractivity contribution in [2.75, 3.05) is 33.3 Å². The van der Waals surface area contributed by atoms with E-state index in [0.29, 0.717) is 19.0 Å². The van der Waals surface area contributed by atoms with Crippen LogP contribution in [-0.4, -0.2) is 50.7 Å². The molecule has 5 nitrogen and oxygen atoms in total. The fraction of sp³-hybridized carbons (Fsp3) is 0.588. The minimum absolute atomic E-state index is 0. The van der Waals surface area contributed by atoms with Gasteiger partial charge in [-0.25, -0.2) is 0 Å². The molecule has 1 aliphatic rings. The number of hydrogen-bond donors (Lipinski definition) is 1. The van der Waals surface area contributed by atoms with E-state index in [4.69, 9.17) is 4.74 Å². The molecular weight excluding hydrogens is 354 g/mol. The Hall–Kier alpha value is -1.60. The van der Waals surface area contributed by atoms with E-state index in [-0.39, 0.29) is 35.4 Å². The van der Waals surface area contributed by atoms with Gasteiger partial charge in [-0.2, -0.15) is 8.78 Å². The lowest BCUT2D eigenvalue weighted by Crippen LogP contribution is -2.41. The number of methoxy groups -OCH3 is 1. The first kappa shape index (κ1) is 21.4. The molecule has 0 aliphatic carbocycles. The Labute approximate surface area is 153 Å². The average molecular weight is 379 g/mol. The largest absolute Gasteiger partial charge is 0.493 e. The van der Waals surface area contributed by atoms with E-state index in [1.807, 2.05) is 0 Å². The quantitative estimate of drug-likeness (QED) is 0.791. The van der Waals surface area contributed by atoms with Crippen molar-refractivity contribution >= 4 is 18.3 Å². The molecule has 0 saturated carbocycles. The lowest BCUT2D eigenvalue weighted by molar-refractivity contribution is -0.0516. The maximum atomic E-state index is 12.7. The van der Waals surface area contributed by atoms with Gasteiger partial charge in [0.15, 0.2) is 11.5 Å². The van der Waals surface area contributed by atoms with E-state index in [1.54, 1.807) is 11.0 Å². The highest BCUT2D eigenvalue weighted by Gasteiger charge is 2.27. The Morgan fingerprint density at radius 1 is 1.36 bits per heavy atom. The molecule has 0 atom stereocenters. The molecular formula is C17H25ClF2N2O3. The van der Waals surface area contributed by atoms with Crippen LogP contribution in [0.3, 0.4) is 0 Å². The van der Waals surface area contributed by atoms with Gasteiger partial charge in [-0.3, -0.25) is 4.79 Å². The predicted molar refractivity (Wildman–Crippen MR) is 94.0 cm³/mol. The second-order valence-electron chi connectivity index (χ2n) is 5.76. The number of para-hydroxylation sites is 1. The van der Waals surface area contributed by atoms with Gasteiger partial charge in [0, 0.05) is 13.1 Å². The highest BCUT2D eigenvalue weighted by Crippen LogP contribution is 2.33. The van der Waals surface area contributed by atoms with Crippen molar-refractivity contribution in [2.45, 2.75) is 26.4 Å². The molecule has 1 aromatic carbocycles. The molecule has 1 amide bonds. The second-order valence-corrected chi connectivity index (χ2v) is 5.76. The Morgan fingerprint density at radius 2 is 2.04 bits per heavy atom. The summed E-state index contributed by atoms with van der Waals surface area (Å²) in [6.45, 7) is 2.14. The maximum absolute atomic E-state index is 12.7. The van der Waals surface area contributed by atoms with E-state index in [0.717, 1.165) is 25.9 Å². The molecule has 1 N–H and O–H groups in total. The van der Waals surface area contributed by atoms with Gasteiger partial charge in [-0.15, -0.1) is 12.4 Å². The molecule has 8 heteroatoms. The van der Waals surface area contributed by atoms with Crippen molar-refractivity contribution in [3.63, 3.8) is 0 Å². The Balaban J connectivity index is 0.00000312. The predicted octanol–water partition coefficient (Wildman–Crippen LogP) is 3.18. The van der Waals surface area contributed by atoms with Gasteiger partial charge in [0.1, 0.15) is 0 Å². The third kappa shape index (κ3) is 5.71.